The van der Waals surface area contributed by atoms with Crippen LogP contribution in [0.5, 0.6) is 5.75 Å². The number of hydrogen-bond donors (Lipinski definition) is 1. The molecule has 0 spiro atoms. The largest absolute Gasteiger partial charge is 0.497 e. The molecule has 7 heteroatoms. The summed E-state index contributed by atoms with van der Waals surface area (Å²) in [7, 11) is 1.51. The number of ketones is 1. The molecule has 1 atom stereocenters. The number of hydrogen-bond acceptors (Lipinski definition) is 6. The van der Waals surface area contributed by atoms with Crippen molar-refractivity contribution in [2.24, 2.45) is 5.92 Å². The molecule has 0 fully saturated rings. The molecule has 1 N–H and O–H groups in total. The van der Waals surface area contributed by atoms with Crippen LogP contribution in [0, 0.1) is 24.2 Å². The first-order valence-electron chi connectivity index (χ1n) is 8.90. The average molecular weight is 389 g/mol. The van der Waals surface area contributed by atoms with E-state index in [1.165, 1.54) is 7.11 Å². The number of aryl methyl sites for hydroxylation is 1. The van der Waals surface area contributed by atoms with Gasteiger partial charge in [-0.2, -0.15) is 5.26 Å². The first-order chi connectivity index (χ1) is 14.0. The van der Waals surface area contributed by atoms with Crippen LogP contribution in [-0.4, -0.2) is 23.8 Å². The van der Waals surface area contributed by atoms with Gasteiger partial charge in [0.2, 0.25) is 11.8 Å². The maximum Gasteiger partial charge on any atom is 0.249 e. The zero-order chi connectivity index (χ0) is 20.8. The Morgan fingerprint density at radius 2 is 1.97 bits per heavy atom. The van der Waals surface area contributed by atoms with Gasteiger partial charge in [-0.25, -0.2) is 4.98 Å². The fourth-order valence-corrected chi connectivity index (χ4v) is 2.76. The van der Waals surface area contributed by atoms with E-state index in [-0.39, 0.29) is 6.42 Å². The van der Waals surface area contributed by atoms with E-state index < -0.39 is 17.6 Å². The van der Waals surface area contributed by atoms with Crippen molar-refractivity contribution in [2.45, 2.75) is 13.3 Å². The van der Waals surface area contributed by atoms with Gasteiger partial charge in [-0.05, 0) is 31.2 Å². The smallest absolute Gasteiger partial charge is 0.249 e. The Morgan fingerprint density at radius 3 is 2.66 bits per heavy atom. The normalized spacial score (nSPS) is 11.3. The summed E-state index contributed by atoms with van der Waals surface area (Å²) in [5.41, 5.74) is 1.62. The molecule has 0 aliphatic heterocycles. The highest BCUT2D eigenvalue weighted by molar-refractivity contribution is 6.09. The number of amides is 1. The van der Waals surface area contributed by atoms with Gasteiger partial charge in [-0.3, -0.25) is 9.59 Å². The highest BCUT2D eigenvalue weighted by Crippen LogP contribution is 2.23. The lowest BCUT2D eigenvalue weighted by atomic mass is 10.00. The number of rotatable bonds is 7. The van der Waals surface area contributed by atoms with E-state index in [0.717, 1.165) is 5.56 Å². The van der Waals surface area contributed by atoms with E-state index >= 15 is 0 Å². The van der Waals surface area contributed by atoms with Gasteiger partial charge in [0.25, 0.3) is 0 Å². The van der Waals surface area contributed by atoms with E-state index in [9.17, 15) is 14.9 Å². The molecular formula is C22H19N3O4. The van der Waals surface area contributed by atoms with Crippen LogP contribution in [0.1, 0.15) is 11.5 Å². The predicted octanol–water partition coefficient (Wildman–Crippen LogP) is 3.55. The number of aromatic nitrogens is 1. The zero-order valence-corrected chi connectivity index (χ0v) is 16.0. The van der Waals surface area contributed by atoms with Gasteiger partial charge < -0.3 is 14.5 Å². The molecule has 1 heterocycles. The second kappa shape index (κ2) is 8.85. The predicted molar refractivity (Wildman–Crippen MR) is 106 cm³/mol. The lowest BCUT2D eigenvalue weighted by molar-refractivity contribution is -0.128. The molecule has 29 heavy (non-hydrogen) atoms. The molecule has 1 amide bonds. The molecule has 146 valence electrons. The van der Waals surface area contributed by atoms with Gasteiger partial charge in [-0.1, -0.05) is 24.3 Å². The maximum atomic E-state index is 12.6. The molecule has 0 aliphatic carbocycles. The summed E-state index contributed by atoms with van der Waals surface area (Å²) >= 11 is 0. The molecule has 3 aromatic rings. The van der Waals surface area contributed by atoms with Crippen LogP contribution in [0.15, 0.2) is 59.0 Å². The van der Waals surface area contributed by atoms with Crippen LogP contribution >= 0.6 is 0 Å². The number of methoxy groups -OCH3 is 1. The first kappa shape index (κ1) is 19.8. The van der Waals surface area contributed by atoms with Crippen LogP contribution in [0.3, 0.4) is 0 Å². The molecule has 0 bridgehead atoms. The molecule has 0 saturated carbocycles. The van der Waals surface area contributed by atoms with Gasteiger partial charge in [0.15, 0.2) is 11.7 Å². The maximum absolute atomic E-state index is 12.6. The first-order valence-corrected chi connectivity index (χ1v) is 8.90. The Hall–Kier alpha value is -3.92. The minimum atomic E-state index is -1.46. The third-order valence-corrected chi connectivity index (χ3v) is 4.31. The standard InChI is InChI=1S/C22H19N3O4/c1-14-19(25-22(29-14)15-7-4-3-5-8-15)12-20(26)18(13-23)21(27)24-16-9-6-10-17(11-16)28-2/h3-11,18H,12H2,1-2H3,(H,24,27). The highest BCUT2D eigenvalue weighted by atomic mass is 16.5. The number of Topliss-reactive ketones (excluding diaryl/α,β-unsaturated/α-hetero) is 1. The molecule has 7 nitrogen and oxygen atoms in total. The number of oxazole rings is 1. The number of anilines is 1. The SMILES string of the molecule is COc1cccc(NC(=O)C(C#N)C(=O)Cc2nc(-c3ccccc3)oc2C)c1. The summed E-state index contributed by atoms with van der Waals surface area (Å²) in [5, 5.41) is 11.9. The Balaban J connectivity index is 1.72. The van der Waals surface area contributed by atoms with Crippen LogP contribution in [0.2, 0.25) is 0 Å². The zero-order valence-electron chi connectivity index (χ0n) is 16.0. The monoisotopic (exact) mass is 389 g/mol. The fraction of sp³-hybridized carbons (Fsp3) is 0.182. The lowest BCUT2D eigenvalue weighted by Crippen LogP contribution is -2.29. The number of carbonyl (C=O) groups excluding carboxylic acids is 2. The van der Waals surface area contributed by atoms with Crippen molar-refractivity contribution in [1.82, 2.24) is 4.98 Å². The van der Waals surface area contributed by atoms with E-state index in [1.807, 2.05) is 30.3 Å². The van der Waals surface area contributed by atoms with Crippen molar-refractivity contribution < 1.29 is 18.7 Å². The van der Waals surface area contributed by atoms with Crippen LogP contribution < -0.4 is 10.1 Å². The van der Waals surface area contributed by atoms with Crippen molar-refractivity contribution in [3.63, 3.8) is 0 Å². The summed E-state index contributed by atoms with van der Waals surface area (Å²) < 4.78 is 10.7. The lowest BCUT2D eigenvalue weighted by Gasteiger charge is -2.10. The minimum Gasteiger partial charge on any atom is -0.497 e. The number of nitriles is 1. The summed E-state index contributed by atoms with van der Waals surface area (Å²) in [6.07, 6.45) is -0.175. The van der Waals surface area contributed by atoms with Crippen LogP contribution in [0.4, 0.5) is 5.69 Å². The van der Waals surface area contributed by atoms with Crippen molar-refractivity contribution in [3.05, 3.63) is 66.1 Å². The average Bonchev–Trinajstić information content (AvgIpc) is 3.09. The van der Waals surface area contributed by atoms with Crippen molar-refractivity contribution in [1.29, 1.82) is 5.26 Å². The Labute approximate surface area is 167 Å². The number of ether oxygens (including phenoxy) is 1. The molecule has 3 rings (SSSR count). The van der Waals surface area contributed by atoms with Gasteiger partial charge in [-0.15, -0.1) is 0 Å². The van der Waals surface area contributed by atoms with E-state index in [0.29, 0.717) is 28.8 Å². The van der Waals surface area contributed by atoms with Crippen molar-refractivity contribution in [2.75, 3.05) is 12.4 Å². The van der Waals surface area contributed by atoms with Gasteiger partial charge in [0, 0.05) is 17.3 Å². The van der Waals surface area contributed by atoms with Crippen molar-refractivity contribution >= 4 is 17.4 Å². The Morgan fingerprint density at radius 1 is 1.21 bits per heavy atom. The summed E-state index contributed by atoms with van der Waals surface area (Å²) in [4.78, 5) is 29.4. The molecule has 0 radical (unpaired) electrons. The topological polar surface area (TPSA) is 105 Å². The summed E-state index contributed by atoms with van der Waals surface area (Å²) in [6.45, 7) is 1.69. The second-order valence-electron chi connectivity index (χ2n) is 6.31. The van der Waals surface area contributed by atoms with Gasteiger partial charge in [0.05, 0.1) is 25.3 Å². The molecule has 1 aromatic heterocycles. The summed E-state index contributed by atoms with van der Waals surface area (Å²) in [6, 6.07) is 17.7. The number of benzene rings is 2. The number of carbonyl (C=O) groups is 2. The molecule has 0 saturated heterocycles. The Kier molecular flexibility index (Phi) is 6.05. The fourth-order valence-electron chi connectivity index (χ4n) is 2.76. The summed E-state index contributed by atoms with van der Waals surface area (Å²) in [5.74, 6) is -1.30. The van der Waals surface area contributed by atoms with E-state index in [1.54, 1.807) is 37.3 Å². The van der Waals surface area contributed by atoms with E-state index in [2.05, 4.69) is 10.3 Å². The van der Waals surface area contributed by atoms with E-state index in [4.69, 9.17) is 9.15 Å². The quantitative estimate of drug-likeness (QED) is 0.620. The molecule has 2 aromatic carbocycles. The highest BCUT2D eigenvalue weighted by Gasteiger charge is 2.28. The third-order valence-electron chi connectivity index (χ3n) is 4.31. The van der Waals surface area contributed by atoms with Crippen LogP contribution in [-0.2, 0) is 16.0 Å². The molecule has 0 aliphatic rings. The molecule has 1 unspecified atom stereocenters. The minimum absolute atomic E-state index is 0.175. The van der Waals surface area contributed by atoms with Gasteiger partial charge in [0.1, 0.15) is 11.5 Å². The third kappa shape index (κ3) is 4.68. The van der Waals surface area contributed by atoms with Crippen LogP contribution in [0.25, 0.3) is 11.5 Å². The Bertz CT molecular complexity index is 1070. The molecular weight excluding hydrogens is 370 g/mol. The second-order valence-corrected chi connectivity index (χ2v) is 6.31. The number of nitrogens with one attached hydrogen (secondary N) is 1. The van der Waals surface area contributed by atoms with Gasteiger partial charge >= 0.3 is 0 Å². The van der Waals surface area contributed by atoms with Crippen molar-refractivity contribution in [3.8, 4) is 23.3 Å². The number of nitrogens with zero attached hydrogens (tertiary/aromatic N) is 2.